The summed E-state index contributed by atoms with van der Waals surface area (Å²) in [6.45, 7) is 7.09. The van der Waals surface area contributed by atoms with E-state index in [2.05, 4.69) is 20.8 Å². The van der Waals surface area contributed by atoms with E-state index in [1.54, 1.807) is 0 Å². The monoisotopic (exact) mass is 338 g/mol. The molecule has 0 aliphatic carbocycles. The maximum Gasteiger partial charge on any atom is 0.0456 e. The van der Waals surface area contributed by atoms with Crippen LogP contribution in [0.1, 0.15) is 85.0 Å². The molecule has 0 aromatic rings. The topological polar surface area (TPSA) is 100 Å². The number of aliphatic hydroxyl groups excluding tert-OH is 1. The first-order chi connectivity index (χ1) is 10.2. The van der Waals surface area contributed by atoms with Gasteiger partial charge in [0, 0.05) is 17.0 Å². The van der Waals surface area contributed by atoms with E-state index in [0.29, 0.717) is 12.5 Å². The smallest absolute Gasteiger partial charge is 0.0456 e. The summed E-state index contributed by atoms with van der Waals surface area (Å²) >= 11 is 0. The number of unbranched alkanes of at least 4 members (excludes halogenated alkanes) is 7. The Morgan fingerprint density at radius 3 is 1.68 bits per heavy atom. The lowest BCUT2D eigenvalue weighted by atomic mass is 9.93. The second-order valence-corrected chi connectivity index (χ2v) is 7.12. The molecule has 0 amide bonds. The van der Waals surface area contributed by atoms with Crippen molar-refractivity contribution in [2.45, 2.75) is 85.0 Å². The standard InChI is InChI=1S/C16H34O.H2O4S/c1-4-5-6-7-8-9-10-11-12-15(2)13-16(3)14-17;1-5(2,3)4/h15-17H,4-14H2,1-3H3;(H2,1,2,3,4)/p-2. The first-order valence-corrected chi connectivity index (χ1v) is 9.81. The lowest BCUT2D eigenvalue weighted by molar-refractivity contribution is 0.212. The van der Waals surface area contributed by atoms with Crippen LogP contribution >= 0.6 is 0 Å². The Morgan fingerprint density at radius 2 is 1.27 bits per heavy atom. The van der Waals surface area contributed by atoms with Crippen LogP contribution in [0.15, 0.2) is 0 Å². The molecule has 0 radical (unpaired) electrons. The fraction of sp³-hybridized carbons (Fsp3) is 1.00. The van der Waals surface area contributed by atoms with Crippen molar-refractivity contribution >= 4 is 10.4 Å². The molecule has 0 fully saturated rings. The lowest BCUT2D eigenvalue weighted by Crippen LogP contribution is -2.06. The highest BCUT2D eigenvalue weighted by molar-refractivity contribution is 7.79. The highest BCUT2D eigenvalue weighted by Crippen LogP contribution is 2.18. The van der Waals surface area contributed by atoms with Gasteiger partial charge in [0.2, 0.25) is 0 Å². The molecular weight excluding hydrogens is 304 g/mol. The van der Waals surface area contributed by atoms with Crippen LogP contribution in [0.25, 0.3) is 0 Å². The first-order valence-electron chi connectivity index (χ1n) is 8.48. The zero-order valence-electron chi connectivity index (χ0n) is 14.4. The molecule has 0 heterocycles. The predicted octanol–water partition coefficient (Wildman–Crippen LogP) is 3.83. The zero-order valence-corrected chi connectivity index (χ0v) is 15.2. The summed E-state index contributed by atoms with van der Waals surface area (Å²) in [7, 11) is -5.17. The minimum absolute atomic E-state index is 0.349. The van der Waals surface area contributed by atoms with Gasteiger partial charge in [-0.2, -0.15) is 0 Å². The summed E-state index contributed by atoms with van der Waals surface area (Å²) in [5.41, 5.74) is 0. The third-order valence-electron chi connectivity index (χ3n) is 3.67. The van der Waals surface area contributed by atoms with E-state index in [-0.39, 0.29) is 0 Å². The molecular formula is C16H34O5S-2. The molecule has 0 saturated heterocycles. The van der Waals surface area contributed by atoms with Gasteiger partial charge >= 0.3 is 0 Å². The SMILES string of the molecule is CCCCCCCCCCC(C)CC(C)CO.O=S(=O)([O-])[O-]. The molecule has 5 nitrogen and oxygen atoms in total. The molecule has 0 aromatic carbocycles. The summed E-state index contributed by atoms with van der Waals surface area (Å²) in [5, 5.41) is 9.00. The number of hydrogen-bond donors (Lipinski definition) is 1. The van der Waals surface area contributed by atoms with Crippen LogP contribution in [-0.2, 0) is 10.4 Å². The largest absolute Gasteiger partial charge is 0.759 e. The number of rotatable bonds is 12. The quantitative estimate of drug-likeness (QED) is 0.331. The van der Waals surface area contributed by atoms with E-state index >= 15 is 0 Å². The van der Waals surface area contributed by atoms with Crippen LogP contribution in [0.4, 0.5) is 0 Å². The van der Waals surface area contributed by atoms with Crippen LogP contribution < -0.4 is 0 Å². The van der Waals surface area contributed by atoms with Gasteiger partial charge in [0.05, 0.1) is 0 Å². The Morgan fingerprint density at radius 1 is 0.864 bits per heavy atom. The van der Waals surface area contributed by atoms with Crippen molar-refractivity contribution in [3.8, 4) is 0 Å². The average Bonchev–Trinajstić information content (AvgIpc) is 2.39. The van der Waals surface area contributed by atoms with E-state index in [1.807, 2.05) is 0 Å². The van der Waals surface area contributed by atoms with Gasteiger partial charge in [-0.25, -0.2) is 0 Å². The number of aliphatic hydroxyl groups is 1. The Hall–Kier alpha value is -0.170. The summed E-state index contributed by atoms with van der Waals surface area (Å²) < 4.78 is 34.1. The second kappa shape index (κ2) is 15.7. The molecule has 0 rings (SSSR count). The Labute approximate surface area is 137 Å². The van der Waals surface area contributed by atoms with Gasteiger partial charge in [-0.15, -0.1) is 0 Å². The van der Waals surface area contributed by atoms with Crippen molar-refractivity contribution < 1.29 is 22.6 Å². The molecule has 0 spiro atoms. The summed E-state index contributed by atoms with van der Waals surface area (Å²) in [5.74, 6) is 1.27. The van der Waals surface area contributed by atoms with E-state index < -0.39 is 10.4 Å². The van der Waals surface area contributed by atoms with Gasteiger partial charge in [-0.1, -0.05) is 78.6 Å². The number of hydrogen-bond acceptors (Lipinski definition) is 5. The Balaban J connectivity index is 0. The highest BCUT2D eigenvalue weighted by atomic mass is 32.3. The third-order valence-corrected chi connectivity index (χ3v) is 3.67. The molecule has 0 aliphatic heterocycles. The summed E-state index contributed by atoms with van der Waals surface area (Å²) in [4.78, 5) is 0. The maximum atomic E-state index is 9.00. The lowest BCUT2D eigenvalue weighted by Gasteiger charge is -2.14. The van der Waals surface area contributed by atoms with Gasteiger partial charge in [0.15, 0.2) is 0 Å². The van der Waals surface area contributed by atoms with Gasteiger partial charge in [-0.3, -0.25) is 8.42 Å². The van der Waals surface area contributed by atoms with Crippen molar-refractivity contribution in [3.63, 3.8) is 0 Å². The molecule has 1 N–H and O–H groups in total. The minimum Gasteiger partial charge on any atom is -0.759 e. The van der Waals surface area contributed by atoms with Crippen LogP contribution in [0.3, 0.4) is 0 Å². The second-order valence-electron chi connectivity index (χ2n) is 6.30. The molecule has 22 heavy (non-hydrogen) atoms. The molecule has 0 bridgehead atoms. The van der Waals surface area contributed by atoms with Crippen molar-refractivity contribution in [3.05, 3.63) is 0 Å². The fourth-order valence-electron chi connectivity index (χ4n) is 2.51. The van der Waals surface area contributed by atoms with Crippen molar-refractivity contribution in [2.75, 3.05) is 6.61 Å². The van der Waals surface area contributed by atoms with Gasteiger partial charge in [0.1, 0.15) is 0 Å². The molecule has 0 saturated carbocycles. The molecule has 136 valence electrons. The van der Waals surface area contributed by atoms with Gasteiger partial charge < -0.3 is 14.2 Å². The average molecular weight is 339 g/mol. The van der Waals surface area contributed by atoms with Crippen molar-refractivity contribution in [1.29, 1.82) is 0 Å². The zero-order chi connectivity index (χ0) is 17.4. The normalized spacial score (nSPS) is 14.1. The molecule has 2 unspecified atom stereocenters. The fourth-order valence-corrected chi connectivity index (χ4v) is 2.51. The Bertz CT molecular complexity index is 308. The molecule has 2 atom stereocenters. The van der Waals surface area contributed by atoms with E-state index in [1.165, 1.54) is 64.2 Å². The van der Waals surface area contributed by atoms with E-state index in [4.69, 9.17) is 22.6 Å². The van der Waals surface area contributed by atoms with Crippen LogP contribution in [0.2, 0.25) is 0 Å². The van der Waals surface area contributed by atoms with Gasteiger partial charge in [0.25, 0.3) is 0 Å². The van der Waals surface area contributed by atoms with Crippen LogP contribution in [0, 0.1) is 11.8 Å². The Kier molecular flexibility index (Phi) is 17.2. The molecule has 0 aliphatic rings. The van der Waals surface area contributed by atoms with Gasteiger partial charge in [-0.05, 0) is 18.3 Å². The minimum atomic E-state index is -5.17. The molecule has 6 heteroatoms. The van der Waals surface area contributed by atoms with Crippen molar-refractivity contribution in [1.82, 2.24) is 0 Å². The summed E-state index contributed by atoms with van der Waals surface area (Å²) in [6, 6.07) is 0. The first kappa shape index (κ1) is 24.1. The third kappa shape index (κ3) is 28.1. The van der Waals surface area contributed by atoms with Crippen molar-refractivity contribution in [2.24, 2.45) is 11.8 Å². The summed E-state index contributed by atoms with van der Waals surface area (Å²) in [6.07, 6.45) is 13.8. The van der Waals surface area contributed by atoms with Crippen LogP contribution in [0.5, 0.6) is 0 Å². The van der Waals surface area contributed by atoms with E-state index in [9.17, 15) is 0 Å². The van der Waals surface area contributed by atoms with Crippen LogP contribution in [-0.4, -0.2) is 29.2 Å². The maximum absolute atomic E-state index is 9.00. The molecule has 0 aromatic heterocycles. The highest BCUT2D eigenvalue weighted by Gasteiger charge is 2.07. The predicted molar refractivity (Wildman–Crippen MR) is 87.7 cm³/mol. The van der Waals surface area contributed by atoms with E-state index in [0.717, 1.165) is 5.92 Å².